The van der Waals surface area contributed by atoms with Gasteiger partial charge >= 0.3 is 19.8 Å². The largest absolute Gasteiger partial charge is 0.480 e. The second kappa shape index (κ2) is 40.7. The average Bonchev–Trinajstić information content (AvgIpc) is 3.18. The predicted octanol–water partition coefficient (Wildman–Crippen LogP) is 11.8. The van der Waals surface area contributed by atoms with E-state index in [1.54, 1.807) is 0 Å². The molecule has 0 aromatic carbocycles. The number of aliphatic hydroxyl groups excluding tert-OH is 1. The summed E-state index contributed by atoms with van der Waals surface area (Å²) in [5.41, 5.74) is 0. The molecule has 0 aliphatic rings. The van der Waals surface area contributed by atoms with Crippen LogP contribution in [-0.4, -0.2) is 64.9 Å². The van der Waals surface area contributed by atoms with Gasteiger partial charge in [0.15, 0.2) is 6.04 Å². The van der Waals surface area contributed by atoms with Gasteiger partial charge in [-0.1, -0.05) is 186 Å². The van der Waals surface area contributed by atoms with Crippen LogP contribution in [0.15, 0.2) is 24.3 Å². The first-order valence-corrected chi connectivity index (χ1v) is 24.4. The highest BCUT2D eigenvalue weighted by molar-refractivity contribution is 7.47. The van der Waals surface area contributed by atoms with E-state index in [0.29, 0.717) is 12.8 Å². The van der Waals surface area contributed by atoms with E-state index >= 15 is 0 Å². The Balaban J connectivity index is 3.85. The number of carboxylic acids is 1. The fourth-order valence-corrected chi connectivity index (χ4v) is 7.16. The van der Waals surface area contributed by atoms with Crippen molar-refractivity contribution in [2.45, 2.75) is 225 Å². The molecule has 0 aromatic heterocycles. The van der Waals surface area contributed by atoms with Crippen LogP contribution in [0.5, 0.6) is 0 Å². The molecule has 11 nitrogen and oxygen atoms in total. The number of aliphatic carboxylic acids is 1. The number of carboxylic acid groups (broad SMARTS) is 1. The maximum atomic E-state index is 12.3. The van der Waals surface area contributed by atoms with Crippen molar-refractivity contribution in [3.8, 4) is 0 Å². The minimum Gasteiger partial charge on any atom is -0.480 e. The van der Waals surface area contributed by atoms with Crippen LogP contribution < -0.4 is 5.32 Å². The first-order chi connectivity index (χ1) is 27.6. The Kier molecular flexibility index (Phi) is 39.3. The molecule has 0 aromatic rings. The number of esters is 1. The molecule has 57 heavy (non-hydrogen) atoms. The first kappa shape index (κ1) is 55.0. The van der Waals surface area contributed by atoms with Gasteiger partial charge in [0.2, 0.25) is 5.91 Å². The van der Waals surface area contributed by atoms with E-state index in [1.807, 2.05) is 0 Å². The molecule has 334 valence electrons. The molecular weight excluding hydrogens is 745 g/mol. The van der Waals surface area contributed by atoms with Gasteiger partial charge in [-0.2, -0.15) is 0 Å². The number of aliphatic hydroxyl groups is 1. The summed E-state index contributed by atoms with van der Waals surface area (Å²) in [6.45, 7) is 2.56. The van der Waals surface area contributed by atoms with Crippen molar-refractivity contribution >= 4 is 25.7 Å². The lowest BCUT2D eigenvalue weighted by molar-refractivity contribution is -0.147. The lowest BCUT2D eigenvalue weighted by atomic mass is 10.0. The Hall–Kier alpha value is -2.04. The van der Waals surface area contributed by atoms with Gasteiger partial charge in [0.05, 0.1) is 13.2 Å². The van der Waals surface area contributed by atoms with E-state index in [4.69, 9.17) is 13.8 Å². The zero-order valence-corrected chi connectivity index (χ0v) is 37.0. The van der Waals surface area contributed by atoms with Gasteiger partial charge in [0, 0.05) is 12.8 Å². The molecule has 0 aliphatic heterocycles. The van der Waals surface area contributed by atoms with Crippen molar-refractivity contribution in [3.63, 3.8) is 0 Å². The summed E-state index contributed by atoms with van der Waals surface area (Å²) in [7, 11) is -4.76. The Morgan fingerprint density at radius 3 is 1.47 bits per heavy atom. The zero-order valence-electron chi connectivity index (χ0n) is 36.2. The number of hydrogen-bond acceptors (Lipinski definition) is 8. The lowest BCUT2D eigenvalue weighted by Crippen LogP contribution is -2.43. The molecular formula is C45H84NO10P. The molecule has 0 aliphatic carbocycles. The van der Waals surface area contributed by atoms with Gasteiger partial charge < -0.3 is 25.2 Å². The van der Waals surface area contributed by atoms with Crippen molar-refractivity contribution in [2.75, 3.05) is 19.8 Å². The van der Waals surface area contributed by atoms with Crippen LogP contribution in [0, 0.1) is 0 Å². The van der Waals surface area contributed by atoms with Crippen molar-refractivity contribution in [1.29, 1.82) is 0 Å². The van der Waals surface area contributed by atoms with E-state index in [9.17, 15) is 34.1 Å². The van der Waals surface area contributed by atoms with Gasteiger partial charge in [-0.15, -0.1) is 0 Å². The van der Waals surface area contributed by atoms with Crippen LogP contribution in [0.1, 0.15) is 213 Å². The molecule has 0 heterocycles. The minimum atomic E-state index is -4.76. The third-order valence-electron chi connectivity index (χ3n) is 9.99. The smallest absolute Gasteiger partial charge is 0.472 e. The SMILES string of the molecule is CCCC/C=C\C/C=C\CCCCCCCC(=O)NC(COP(=O)(O)OCC(O)COC(=O)CCCCCCCCCCCCCCCCCCCCC)C(=O)O. The number of carbonyl (C=O) groups is 3. The van der Waals surface area contributed by atoms with Crippen LogP contribution in [0.2, 0.25) is 0 Å². The van der Waals surface area contributed by atoms with Gasteiger partial charge in [-0.3, -0.25) is 18.6 Å². The van der Waals surface area contributed by atoms with E-state index < -0.39 is 57.6 Å². The van der Waals surface area contributed by atoms with E-state index in [0.717, 1.165) is 64.2 Å². The van der Waals surface area contributed by atoms with Crippen molar-refractivity contribution in [1.82, 2.24) is 5.32 Å². The third kappa shape index (κ3) is 40.5. The predicted molar refractivity (Wildman–Crippen MR) is 231 cm³/mol. The minimum absolute atomic E-state index is 0.131. The Morgan fingerprint density at radius 1 is 0.561 bits per heavy atom. The van der Waals surface area contributed by atoms with Crippen molar-refractivity contribution < 1.29 is 47.8 Å². The number of amides is 1. The second-order valence-electron chi connectivity index (χ2n) is 15.6. The quantitative estimate of drug-likeness (QED) is 0.0201. The lowest BCUT2D eigenvalue weighted by Gasteiger charge is -2.18. The summed E-state index contributed by atoms with van der Waals surface area (Å²) >= 11 is 0. The van der Waals surface area contributed by atoms with Crippen LogP contribution >= 0.6 is 7.82 Å². The molecule has 3 unspecified atom stereocenters. The molecule has 0 fully saturated rings. The van der Waals surface area contributed by atoms with Crippen molar-refractivity contribution in [2.24, 2.45) is 0 Å². The molecule has 0 bridgehead atoms. The number of hydrogen-bond donors (Lipinski definition) is 4. The standard InChI is InChI=1S/C45H84NO10P/c1-3-5-7-9-11-13-15-17-19-20-21-22-23-25-27-29-31-33-35-37-44(49)54-38-41(47)39-55-57(52,53)56-40-42(45(50)51)46-43(48)36-34-32-30-28-26-24-18-16-14-12-10-8-6-4-2/h10,12,16,18,41-42,47H,3-9,11,13-15,17,19-40H2,1-2H3,(H,46,48)(H,50,51)(H,52,53)/b12-10-,18-16-. The third-order valence-corrected chi connectivity index (χ3v) is 10.9. The topological polar surface area (TPSA) is 169 Å². The highest BCUT2D eigenvalue weighted by Gasteiger charge is 2.28. The summed E-state index contributed by atoms with van der Waals surface area (Å²) in [4.78, 5) is 45.9. The van der Waals surface area contributed by atoms with Crippen LogP contribution in [0.3, 0.4) is 0 Å². The summed E-state index contributed by atoms with van der Waals surface area (Å²) in [5, 5.41) is 21.8. The fraction of sp³-hybridized carbons (Fsp3) is 0.844. The van der Waals surface area contributed by atoms with Crippen molar-refractivity contribution in [3.05, 3.63) is 24.3 Å². The Morgan fingerprint density at radius 2 is 0.982 bits per heavy atom. The zero-order chi connectivity index (χ0) is 42.1. The molecule has 0 radical (unpaired) electrons. The van der Waals surface area contributed by atoms with E-state index in [2.05, 4.69) is 43.5 Å². The monoisotopic (exact) mass is 830 g/mol. The molecule has 0 saturated heterocycles. The van der Waals surface area contributed by atoms with Gasteiger partial charge in [0.25, 0.3) is 0 Å². The van der Waals surface area contributed by atoms with E-state index in [1.165, 1.54) is 109 Å². The molecule has 0 spiro atoms. The van der Waals surface area contributed by atoms with Gasteiger partial charge in [0.1, 0.15) is 12.7 Å². The normalized spacial score (nSPS) is 13.9. The Bertz CT molecular complexity index is 1070. The number of phosphoric ester groups is 1. The molecule has 4 N–H and O–H groups in total. The van der Waals surface area contributed by atoms with Gasteiger partial charge in [-0.05, 0) is 38.5 Å². The number of carbonyl (C=O) groups excluding carboxylic acids is 2. The first-order valence-electron chi connectivity index (χ1n) is 22.9. The molecule has 1 amide bonds. The van der Waals surface area contributed by atoms with E-state index in [-0.39, 0.29) is 12.8 Å². The number of ether oxygens (including phenoxy) is 1. The van der Waals surface area contributed by atoms with Crippen LogP contribution in [0.25, 0.3) is 0 Å². The number of nitrogens with one attached hydrogen (secondary N) is 1. The summed E-state index contributed by atoms with van der Waals surface area (Å²) < 4.78 is 26.8. The second-order valence-corrected chi connectivity index (χ2v) is 17.0. The number of allylic oxidation sites excluding steroid dienone is 4. The maximum absolute atomic E-state index is 12.3. The molecule has 3 atom stereocenters. The highest BCUT2D eigenvalue weighted by Crippen LogP contribution is 2.43. The molecule has 0 rings (SSSR count). The summed E-state index contributed by atoms with van der Waals surface area (Å²) in [6.07, 6.45) is 42.0. The summed E-state index contributed by atoms with van der Waals surface area (Å²) in [6, 6.07) is -1.55. The molecule has 0 saturated carbocycles. The van der Waals surface area contributed by atoms with Gasteiger partial charge in [-0.25, -0.2) is 9.36 Å². The summed E-state index contributed by atoms with van der Waals surface area (Å²) in [5.74, 6) is -2.38. The Labute approximate surface area is 347 Å². The highest BCUT2D eigenvalue weighted by atomic mass is 31.2. The average molecular weight is 830 g/mol. The maximum Gasteiger partial charge on any atom is 0.472 e. The number of phosphoric acid groups is 1. The number of unbranched alkanes of at least 4 members (excludes halogenated alkanes) is 25. The fourth-order valence-electron chi connectivity index (χ4n) is 6.39. The van der Waals surface area contributed by atoms with Crippen LogP contribution in [0.4, 0.5) is 0 Å². The molecule has 12 heteroatoms. The van der Waals surface area contributed by atoms with Crippen LogP contribution in [-0.2, 0) is 32.7 Å². The number of rotatable bonds is 43.